The Kier molecular flexibility index (Phi) is 16.4. The first-order chi connectivity index (χ1) is 32.2. The molecule has 6 rings (SSSR count). The highest BCUT2D eigenvalue weighted by Crippen LogP contribution is 2.46. The average molecular weight is 949 g/mol. The zero-order chi connectivity index (χ0) is 52.7. The largest absolute Gasteiger partial charge is 0.508 e. The highest BCUT2D eigenvalue weighted by Gasteiger charge is 2.30. The Hall–Kier alpha value is -5.88. The molecule has 0 saturated carbocycles. The van der Waals surface area contributed by atoms with Crippen LogP contribution in [0.15, 0.2) is 72.8 Å². The topological polar surface area (TPSA) is 121 Å². The van der Waals surface area contributed by atoms with Gasteiger partial charge in [0.15, 0.2) is 0 Å². The zero-order valence-electron chi connectivity index (χ0n) is 46.0. The van der Waals surface area contributed by atoms with E-state index in [4.69, 9.17) is 0 Å². The molecule has 0 spiro atoms. The highest BCUT2D eigenvalue weighted by molar-refractivity contribution is 5.55. The molecule has 0 aliphatic carbocycles. The van der Waals surface area contributed by atoms with Gasteiger partial charge in [0.1, 0.15) is 34.5 Å². The van der Waals surface area contributed by atoms with Crippen molar-refractivity contribution in [2.75, 3.05) is 0 Å². The van der Waals surface area contributed by atoms with Gasteiger partial charge >= 0.3 is 0 Å². The van der Waals surface area contributed by atoms with Crippen molar-refractivity contribution < 1.29 is 30.6 Å². The third kappa shape index (κ3) is 12.3. The number of phenolic OH excluding ortho intramolecular Hbond substituents is 6. The maximum atomic E-state index is 10.9. The normalized spacial score (nSPS) is 12.6. The van der Waals surface area contributed by atoms with Crippen LogP contribution >= 0.6 is 0 Å². The molecule has 6 nitrogen and oxygen atoms in total. The molecule has 0 aromatic heterocycles. The van der Waals surface area contributed by atoms with Gasteiger partial charge in [-0.2, -0.15) is 0 Å². The van der Waals surface area contributed by atoms with Crippen molar-refractivity contribution in [2.45, 2.75) is 185 Å². The fourth-order valence-corrected chi connectivity index (χ4v) is 10.5. The van der Waals surface area contributed by atoms with Crippen LogP contribution in [0.4, 0.5) is 0 Å². The standard InChI is InChI=1S/C37H52O3.C27H32O3/c1-21(25-18-29(35(5,6)7)32(38)15-22(25)2)14-28(26-19-30(36(8,9)10)33(39)16-23(26)3)27-20-31(37(11,12)13)34(40)17-24(27)4;1-15-9-21(10-16(2)25(15)28)7-8-24(22-11-17(3)26(29)18(4)12-22)23-13-19(5)27(30)20(6)14-23/h15-21,28,38-40H,14H2,1-13H3;9-14,24,28-30H,7-8H2,1-6H3. The molecule has 1 unspecified atom stereocenters. The Morgan fingerprint density at radius 2 is 0.643 bits per heavy atom. The molecule has 0 fully saturated rings. The number of hydrogen-bond donors (Lipinski definition) is 6. The van der Waals surface area contributed by atoms with E-state index < -0.39 is 0 Å². The van der Waals surface area contributed by atoms with E-state index in [1.807, 2.05) is 59.7 Å². The van der Waals surface area contributed by atoms with Gasteiger partial charge in [-0.1, -0.05) is 124 Å². The van der Waals surface area contributed by atoms with E-state index in [1.54, 1.807) is 0 Å². The summed E-state index contributed by atoms with van der Waals surface area (Å²) in [5.74, 6) is 2.46. The monoisotopic (exact) mass is 949 g/mol. The van der Waals surface area contributed by atoms with Crippen molar-refractivity contribution >= 4 is 0 Å². The number of benzene rings is 6. The first-order valence-corrected chi connectivity index (χ1v) is 25.1. The van der Waals surface area contributed by atoms with Gasteiger partial charge in [-0.3, -0.25) is 0 Å². The number of aromatic hydroxyl groups is 6. The van der Waals surface area contributed by atoms with Crippen LogP contribution < -0.4 is 0 Å². The van der Waals surface area contributed by atoms with Gasteiger partial charge in [-0.05, 0) is 222 Å². The molecule has 1 atom stereocenters. The Morgan fingerprint density at radius 3 is 0.957 bits per heavy atom. The SMILES string of the molecule is Cc1cc(CCC(c2cc(C)c(O)c(C)c2)c2cc(C)c(O)c(C)c2)cc(C)c1O.Cc1cc(O)c(C(C)(C)C)cc1C(C)CC(c1cc(C(C)(C)C)c(O)cc1C)c1cc(C(C)(C)C)c(O)cc1C. The van der Waals surface area contributed by atoms with E-state index in [9.17, 15) is 30.6 Å². The lowest BCUT2D eigenvalue weighted by Gasteiger charge is -2.31. The van der Waals surface area contributed by atoms with E-state index in [0.717, 1.165) is 86.0 Å². The minimum atomic E-state index is -0.210. The van der Waals surface area contributed by atoms with Crippen molar-refractivity contribution in [3.63, 3.8) is 0 Å². The maximum absolute atomic E-state index is 10.9. The predicted molar refractivity (Wildman–Crippen MR) is 292 cm³/mol. The highest BCUT2D eigenvalue weighted by atomic mass is 16.3. The summed E-state index contributed by atoms with van der Waals surface area (Å²) >= 11 is 0. The number of phenols is 6. The summed E-state index contributed by atoms with van der Waals surface area (Å²) in [6.45, 7) is 39.3. The second-order valence-electron chi connectivity index (χ2n) is 23.8. The van der Waals surface area contributed by atoms with Gasteiger partial charge in [0.05, 0.1) is 0 Å². The minimum Gasteiger partial charge on any atom is -0.508 e. The smallest absolute Gasteiger partial charge is 0.121 e. The van der Waals surface area contributed by atoms with Crippen LogP contribution in [0.25, 0.3) is 0 Å². The van der Waals surface area contributed by atoms with Crippen LogP contribution in [0.3, 0.4) is 0 Å². The summed E-state index contributed by atoms with van der Waals surface area (Å²) in [6.07, 6.45) is 2.60. The summed E-state index contributed by atoms with van der Waals surface area (Å²) in [5.41, 5.74) is 17.9. The van der Waals surface area contributed by atoms with Crippen molar-refractivity contribution in [1.82, 2.24) is 0 Å². The van der Waals surface area contributed by atoms with Crippen molar-refractivity contribution in [2.24, 2.45) is 0 Å². The van der Waals surface area contributed by atoms with Crippen molar-refractivity contribution in [1.29, 1.82) is 0 Å². The van der Waals surface area contributed by atoms with E-state index in [2.05, 4.69) is 145 Å². The Morgan fingerprint density at radius 1 is 0.357 bits per heavy atom. The fraction of sp³-hybridized carbons (Fsp3) is 0.438. The molecule has 0 aliphatic heterocycles. The molecule has 6 aromatic carbocycles. The third-order valence-corrected chi connectivity index (χ3v) is 14.6. The van der Waals surface area contributed by atoms with Crippen LogP contribution in [-0.2, 0) is 22.7 Å². The van der Waals surface area contributed by atoms with E-state index >= 15 is 0 Å². The van der Waals surface area contributed by atoms with Crippen LogP contribution in [0.2, 0.25) is 0 Å². The Balaban J connectivity index is 0.000000271. The lowest BCUT2D eigenvalue weighted by molar-refractivity contribution is 0.444. The Bertz CT molecular complexity index is 2680. The third-order valence-electron chi connectivity index (χ3n) is 14.6. The quantitative estimate of drug-likeness (QED) is 0.0814. The molecule has 0 saturated heterocycles. The lowest BCUT2D eigenvalue weighted by Crippen LogP contribution is -2.17. The van der Waals surface area contributed by atoms with Gasteiger partial charge in [-0.15, -0.1) is 0 Å². The molecular formula is C64H84O6. The summed E-state index contributed by atoms with van der Waals surface area (Å²) in [7, 11) is 0. The zero-order valence-corrected chi connectivity index (χ0v) is 46.0. The molecule has 70 heavy (non-hydrogen) atoms. The number of rotatable bonds is 10. The predicted octanol–water partition coefficient (Wildman–Crippen LogP) is 16.4. The van der Waals surface area contributed by atoms with Crippen LogP contribution in [0, 0.1) is 62.3 Å². The summed E-state index contributed by atoms with van der Waals surface area (Å²) in [4.78, 5) is 0. The molecule has 376 valence electrons. The van der Waals surface area contributed by atoms with Gasteiger partial charge in [0, 0.05) is 11.8 Å². The number of hydrogen-bond acceptors (Lipinski definition) is 6. The summed E-state index contributed by atoms with van der Waals surface area (Å²) in [6, 6.07) is 24.7. The Labute approximate surface area is 421 Å². The van der Waals surface area contributed by atoms with Crippen molar-refractivity contribution in [3.8, 4) is 34.5 Å². The molecule has 6 N–H and O–H groups in total. The maximum Gasteiger partial charge on any atom is 0.121 e. The van der Waals surface area contributed by atoms with Gasteiger partial charge in [0.2, 0.25) is 0 Å². The van der Waals surface area contributed by atoms with Crippen LogP contribution in [-0.4, -0.2) is 30.6 Å². The molecule has 0 amide bonds. The van der Waals surface area contributed by atoms with Gasteiger partial charge in [-0.25, -0.2) is 0 Å². The number of aryl methyl sites for hydroxylation is 10. The summed E-state index contributed by atoms with van der Waals surface area (Å²) in [5, 5.41) is 63.2. The summed E-state index contributed by atoms with van der Waals surface area (Å²) < 4.78 is 0. The molecule has 6 aromatic rings. The molecule has 0 radical (unpaired) electrons. The second-order valence-corrected chi connectivity index (χ2v) is 23.8. The first-order valence-electron chi connectivity index (χ1n) is 25.1. The second kappa shape index (κ2) is 20.8. The molecule has 0 bridgehead atoms. The van der Waals surface area contributed by atoms with Crippen LogP contribution in [0.5, 0.6) is 34.5 Å². The van der Waals surface area contributed by atoms with Gasteiger partial charge < -0.3 is 30.6 Å². The average Bonchev–Trinajstić information content (AvgIpc) is 3.22. The van der Waals surface area contributed by atoms with Crippen molar-refractivity contribution in [3.05, 3.63) is 173 Å². The molecule has 0 heterocycles. The molecule has 0 aliphatic rings. The fourth-order valence-electron chi connectivity index (χ4n) is 10.5. The molecule has 6 heteroatoms. The lowest BCUT2D eigenvalue weighted by atomic mass is 9.74. The van der Waals surface area contributed by atoms with Gasteiger partial charge in [0.25, 0.3) is 0 Å². The minimum absolute atomic E-state index is 0.0460. The van der Waals surface area contributed by atoms with E-state index in [-0.39, 0.29) is 34.0 Å². The molecular weight excluding hydrogens is 865 g/mol. The first kappa shape index (κ1) is 55.1. The van der Waals surface area contributed by atoms with E-state index in [0.29, 0.717) is 34.5 Å². The van der Waals surface area contributed by atoms with E-state index in [1.165, 1.54) is 33.4 Å². The van der Waals surface area contributed by atoms with Crippen LogP contribution in [0.1, 0.15) is 200 Å².